The highest BCUT2D eigenvalue weighted by atomic mass is 79.9. The highest BCUT2D eigenvalue weighted by Gasteiger charge is 2.37. The third-order valence-electron chi connectivity index (χ3n) is 3.01. The van der Waals surface area contributed by atoms with Gasteiger partial charge in [0.1, 0.15) is 10.9 Å². The molecule has 0 bridgehead atoms. The summed E-state index contributed by atoms with van der Waals surface area (Å²) < 4.78 is 21.6. The van der Waals surface area contributed by atoms with Gasteiger partial charge in [-0.25, -0.2) is 0 Å². The Kier molecular flexibility index (Phi) is 7.07. The lowest BCUT2D eigenvalue weighted by molar-refractivity contribution is -0.156. The van der Waals surface area contributed by atoms with Gasteiger partial charge in [-0.2, -0.15) is 0 Å². The van der Waals surface area contributed by atoms with Crippen LogP contribution in [0.25, 0.3) is 0 Å². The number of nitrogens with zero attached hydrogens (tertiary/aromatic N) is 1. The summed E-state index contributed by atoms with van der Waals surface area (Å²) in [6.45, 7) is 11.0. The number of carbonyl (C=O) groups is 1. The SMILES string of the molecule is CC(C)[S@@+]([O-])N[C@@](C)(CC(=O)OC(C)(C)C)c1cncc(Br)c1. The predicted octanol–water partition coefficient (Wildman–Crippen LogP) is 3.45. The molecule has 0 unspecified atom stereocenters. The summed E-state index contributed by atoms with van der Waals surface area (Å²) in [4.78, 5) is 16.4. The molecule has 1 rings (SSSR count). The lowest BCUT2D eigenvalue weighted by Crippen LogP contribution is -2.48. The molecule has 2 atom stereocenters. The van der Waals surface area contributed by atoms with Crippen LogP contribution in [-0.2, 0) is 26.4 Å². The maximum atomic E-state index is 12.3. The lowest BCUT2D eigenvalue weighted by atomic mass is 9.91. The van der Waals surface area contributed by atoms with Crippen LogP contribution in [0.1, 0.15) is 53.5 Å². The van der Waals surface area contributed by atoms with Gasteiger partial charge in [0.05, 0.1) is 12.0 Å². The molecular formula is C16H25BrN2O3S. The van der Waals surface area contributed by atoms with Gasteiger partial charge in [-0.1, -0.05) is 0 Å². The van der Waals surface area contributed by atoms with E-state index in [2.05, 4.69) is 25.6 Å². The molecule has 0 saturated heterocycles. The summed E-state index contributed by atoms with van der Waals surface area (Å²) in [5.74, 6) is -0.353. The number of esters is 1. The molecule has 5 nitrogen and oxygen atoms in total. The standard InChI is InChI=1S/C16H25BrN2O3S/c1-11(2)23(21)19-16(6,8-14(20)22-15(3,4)5)12-7-13(17)10-18-9-12/h7,9-11,19H,8H2,1-6H3/t16-,23+/m0/s1. The quantitative estimate of drug-likeness (QED) is 0.580. The summed E-state index contributed by atoms with van der Waals surface area (Å²) >= 11 is 2.09. The van der Waals surface area contributed by atoms with E-state index in [-0.39, 0.29) is 17.6 Å². The first-order valence-corrected chi connectivity index (χ1v) is 9.45. The van der Waals surface area contributed by atoms with Crippen molar-refractivity contribution in [3.05, 3.63) is 28.5 Å². The Bertz CT molecular complexity index is 548. The zero-order valence-corrected chi connectivity index (χ0v) is 16.9. The van der Waals surface area contributed by atoms with Crippen LogP contribution in [0.2, 0.25) is 0 Å². The lowest BCUT2D eigenvalue weighted by Gasteiger charge is -2.32. The van der Waals surface area contributed by atoms with E-state index in [0.717, 1.165) is 10.0 Å². The Morgan fingerprint density at radius 3 is 2.48 bits per heavy atom. The van der Waals surface area contributed by atoms with Gasteiger partial charge in [0.15, 0.2) is 0 Å². The van der Waals surface area contributed by atoms with Gasteiger partial charge in [0.2, 0.25) is 0 Å². The molecule has 0 spiro atoms. The van der Waals surface area contributed by atoms with Gasteiger partial charge in [-0.3, -0.25) is 9.78 Å². The minimum absolute atomic E-state index is 0.0564. The number of rotatable bonds is 6. The molecule has 7 heteroatoms. The van der Waals surface area contributed by atoms with E-state index >= 15 is 0 Å². The first-order chi connectivity index (χ1) is 10.4. The monoisotopic (exact) mass is 404 g/mol. The average molecular weight is 405 g/mol. The molecular weight excluding hydrogens is 380 g/mol. The summed E-state index contributed by atoms with van der Waals surface area (Å²) in [5, 5.41) is -0.0759. The van der Waals surface area contributed by atoms with E-state index in [9.17, 15) is 9.35 Å². The Hall–Kier alpha value is -0.630. The molecule has 130 valence electrons. The molecule has 0 aliphatic heterocycles. The third-order valence-corrected chi connectivity index (χ3v) is 4.96. The highest BCUT2D eigenvalue weighted by Crippen LogP contribution is 2.29. The molecule has 0 aromatic carbocycles. The number of hydrogen-bond acceptors (Lipinski definition) is 5. The van der Waals surface area contributed by atoms with Gasteiger partial charge in [-0.15, -0.1) is 4.72 Å². The van der Waals surface area contributed by atoms with Crippen LogP contribution in [0.3, 0.4) is 0 Å². The predicted molar refractivity (Wildman–Crippen MR) is 96.2 cm³/mol. The average Bonchev–Trinajstić information content (AvgIpc) is 2.35. The molecule has 23 heavy (non-hydrogen) atoms. The minimum atomic E-state index is -1.29. The smallest absolute Gasteiger partial charge is 0.308 e. The van der Waals surface area contributed by atoms with E-state index in [0.29, 0.717) is 0 Å². The Morgan fingerprint density at radius 1 is 1.39 bits per heavy atom. The second kappa shape index (κ2) is 7.96. The molecule has 1 aromatic heterocycles. The number of pyridine rings is 1. The third kappa shape index (κ3) is 6.79. The van der Waals surface area contributed by atoms with Crippen LogP contribution in [0.5, 0.6) is 0 Å². The summed E-state index contributed by atoms with van der Waals surface area (Å²) in [5.41, 5.74) is -0.634. The van der Waals surface area contributed by atoms with E-state index in [4.69, 9.17) is 4.74 Å². The van der Waals surface area contributed by atoms with Crippen molar-refractivity contribution >= 4 is 33.3 Å². The fourth-order valence-corrected chi connectivity index (χ4v) is 3.15. The Morgan fingerprint density at radius 2 is 2.00 bits per heavy atom. The number of aromatic nitrogens is 1. The highest BCUT2D eigenvalue weighted by molar-refractivity contribution is 9.10. The van der Waals surface area contributed by atoms with Crippen LogP contribution < -0.4 is 4.72 Å². The number of carbonyl (C=O) groups excluding carboxylic acids is 1. The number of nitrogens with one attached hydrogen (secondary N) is 1. The van der Waals surface area contributed by atoms with E-state index < -0.39 is 22.5 Å². The first-order valence-electron chi connectivity index (χ1n) is 7.44. The number of ether oxygens (including phenoxy) is 1. The fraction of sp³-hybridized carbons (Fsp3) is 0.625. The summed E-state index contributed by atoms with van der Waals surface area (Å²) in [7, 11) is 0. The molecule has 0 fully saturated rings. The van der Waals surface area contributed by atoms with Crippen molar-refractivity contribution in [2.75, 3.05) is 0 Å². The molecule has 1 heterocycles. The van der Waals surface area contributed by atoms with Crippen molar-refractivity contribution in [2.24, 2.45) is 0 Å². The van der Waals surface area contributed by atoms with Crippen molar-refractivity contribution < 1.29 is 14.1 Å². The topological polar surface area (TPSA) is 74.3 Å². The van der Waals surface area contributed by atoms with E-state index in [1.54, 1.807) is 12.4 Å². The van der Waals surface area contributed by atoms with Crippen molar-refractivity contribution in [1.82, 2.24) is 9.71 Å². The fourth-order valence-electron chi connectivity index (χ4n) is 1.92. The molecule has 1 N–H and O–H groups in total. The molecule has 0 aliphatic rings. The molecule has 1 aromatic rings. The second-order valence-electron chi connectivity index (χ2n) is 6.94. The molecule has 0 amide bonds. The Balaban J connectivity index is 3.08. The molecule has 0 saturated carbocycles. The minimum Gasteiger partial charge on any atom is -0.598 e. The molecule has 0 radical (unpaired) electrons. The van der Waals surface area contributed by atoms with Crippen LogP contribution in [-0.4, -0.2) is 26.4 Å². The zero-order chi connectivity index (χ0) is 17.8. The van der Waals surface area contributed by atoms with Crippen molar-refractivity contribution in [1.29, 1.82) is 0 Å². The maximum absolute atomic E-state index is 12.3. The number of halogens is 1. The van der Waals surface area contributed by atoms with E-state index in [1.807, 2.05) is 47.6 Å². The Labute approximate surface area is 150 Å². The number of hydrogen-bond donors (Lipinski definition) is 1. The van der Waals surface area contributed by atoms with Gasteiger partial charge < -0.3 is 9.29 Å². The van der Waals surface area contributed by atoms with Gasteiger partial charge in [0, 0.05) is 28.2 Å². The normalized spacial score (nSPS) is 16.0. The van der Waals surface area contributed by atoms with Gasteiger partial charge >= 0.3 is 5.97 Å². The van der Waals surface area contributed by atoms with Gasteiger partial charge in [-0.05, 0) is 69.1 Å². The van der Waals surface area contributed by atoms with E-state index in [1.165, 1.54) is 0 Å². The molecule has 0 aliphatic carbocycles. The van der Waals surface area contributed by atoms with Crippen LogP contribution in [0.4, 0.5) is 0 Å². The van der Waals surface area contributed by atoms with Crippen molar-refractivity contribution in [3.8, 4) is 0 Å². The van der Waals surface area contributed by atoms with Crippen molar-refractivity contribution in [2.45, 2.75) is 64.4 Å². The summed E-state index contributed by atoms with van der Waals surface area (Å²) in [6.07, 6.45) is 3.39. The first kappa shape index (κ1) is 20.4. The van der Waals surface area contributed by atoms with Crippen LogP contribution >= 0.6 is 15.9 Å². The van der Waals surface area contributed by atoms with Crippen LogP contribution in [0, 0.1) is 0 Å². The zero-order valence-electron chi connectivity index (χ0n) is 14.5. The van der Waals surface area contributed by atoms with Crippen molar-refractivity contribution in [3.63, 3.8) is 0 Å². The largest absolute Gasteiger partial charge is 0.598 e. The van der Waals surface area contributed by atoms with Crippen LogP contribution in [0.15, 0.2) is 22.9 Å². The maximum Gasteiger partial charge on any atom is 0.308 e. The van der Waals surface area contributed by atoms with Gasteiger partial charge in [0.25, 0.3) is 0 Å². The summed E-state index contributed by atoms with van der Waals surface area (Å²) in [6, 6.07) is 1.86. The second-order valence-corrected chi connectivity index (χ2v) is 9.59.